The van der Waals surface area contributed by atoms with Gasteiger partial charge in [0.05, 0.1) is 16.8 Å². The summed E-state index contributed by atoms with van der Waals surface area (Å²) in [5, 5.41) is 20.9. The minimum atomic E-state index is -0.705. The van der Waals surface area contributed by atoms with Gasteiger partial charge in [-0.3, -0.25) is 19.5 Å². The molecule has 2 aromatic rings. The third kappa shape index (κ3) is 2.44. The highest BCUT2D eigenvalue weighted by Gasteiger charge is 2.34. The SMILES string of the molecule is CC1=C(n2cc(O)ccc2=O)c2cc([N+](=O)[O-])ccc2OC1(C)C. The maximum atomic E-state index is 12.3. The number of fused-ring (bicyclic) bond motifs is 1. The van der Waals surface area contributed by atoms with Gasteiger partial charge in [0.1, 0.15) is 17.1 Å². The highest BCUT2D eigenvalue weighted by molar-refractivity contribution is 5.77. The Morgan fingerprint density at radius 1 is 1.25 bits per heavy atom. The Balaban J connectivity index is 2.37. The van der Waals surface area contributed by atoms with Crippen molar-refractivity contribution in [3.05, 3.63) is 68.1 Å². The van der Waals surface area contributed by atoms with E-state index in [2.05, 4.69) is 0 Å². The van der Waals surface area contributed by atoms with Crippen molar-refractivity contribution in [3.63, 3.8) is 0 Å². The fourth-order valence-electron chi connectivity index (χ4n) is 2.71. The summed E-state index contributed by atoms with van der Waals surface area (Å²) in [5.74, 6) is 0.368. The lowest BCUT2D eigenvalue weighted by molar-refractivity contribution is -0.384. The van der Waals surface area contributed by atoms with Crippen molar-refractivity contribution in [1.29, 1.82) is 0 Å². The number of aromatic hydroxyl groups is 1. The second-order valence-electron chi connectivity index (χ2n) is 6.12. The molecule has 124 valence electrons. The van der Waals surface area contributed by atoms with Gasteiger partial charge >= 0.3 is 0 Å². The molecule has 0 radical (unpaired) electrons. The van der Waals surface area contributed by atoms with Gasteiger partial charge in [-0.05, 0) is 38.5 Å². The Hall–Kier alpha value is -3.09. The number of nitro groups is 1. The molecule has 1 N–H and O–H groups in total. The molecule has 1 aliphatic rings. The monoisotopic (exact) mass is 328 g/mol. The van der Waals surface area contributed by atoms with E-state index in [0.717, 1.165) is 5.57 Å². The number of hydrogen-bond acceptors (Lipinski definition) is 5. The molecule has 0 atom stereocenters. The van der Waals surface area contributed by atoms with E-state index in [-0.39, 0.29) is 17.0 Å². The van der Waals surface area contributed by atoms with Gasteiger partial charge in [-0.15, -0.1) is 0 Å². The first kappa shape index (κ1) is 15.8. The molecule has 1 aromatic heterocycles. The Kier molecular flexibility index (Phi) is 3.44. The summed E-state index contributed by atoms with van der Waals surface area (Å²) in [4.78, 5) is 22.9. The molecular weight excluding hydrogens is 312 g/mol. The molecule has 0 spiro atoms. The summed E-state index contributed by atoms with van der Waals surface area (Å²) in [6, 6.07) is 6.80. The van der Waals surface area contributed by atoms with Crippen LogP contribution in [0.1, 0.15) is 26.3 Å². The Morgan fingerprint density at radius 3 is 2.62 bits per heavy atom. The first-order valence-electron chi connectivity index (χ1n) is 7.32. The van der Waals surface area contributed by atoms with E-state index in [1.54, 1.807) is 6.92 Å². The molecule has 0 saturated carbocycles. The number of ether oxygens (including phenoxy) is 1. The van der Waals surface area contributed by atoms with Crippen LogP contribution in [0.2, 0.25) is 0 Å². The smallest absolute Gasteiger partial charge is 0.270 e. The van der Waals surface area contributed by atoms with Gasteiger partial charge in [0, 0.05) is 23.8 Å². The zero-order valence-electron chi connectivity index (χ0n) is 13.4. The largest absolute Gasteiger partial charge is 0.506 e. The summed E-state index contributed by atoms with van der Waals surface area (Å²) in [6.07, 6.45) is 1.30. The molecule has 7 heteroatoms. The lowest BCUT2D eigenvalue weighted by atomic mass is 9.90. The van der Waals surface area contributed by atoms with E-state index in [0.29, 0.717) is 17.0 Å². The van der Waals surface area contributed by atoms with Crippen molar-refractivity contribution in [2.75, 3.05) is 0 Å². The molecule has 7 nitrogen and oxygen atoms in total. The van der Waals surface area contributed by atoms with Gasteiger partial charge in [-0.2, -0.15) is 0 Å². The van der Waals surface area contributed by atoms with E-state index in [4.69, 9.17) is 4.74 Å². The van der Waals surface area contributed by atoms with Gasteiger partial charge in [-0.1, -0.05) is 0 Å². The van der Waals surface area contributed by atoms with Crippen LogP contribution in [0.4, 0.5) is 5.69 Å². The van der Waals surface area contributed by atoms with Crippen LogP contribution in [-0.4, -0.2) is 20.2 Å². The maximum absolute atomic E-state index is 12.3. The van der Waals surface area contributed by atoms with E-state index >= 15 is 0 Å². The summed E-state index contributed by atoms with van der Waals surface area (Å²) < 4.78 is 7.22. The van der Waals surface area contributed by atoms with Crippen LogP contribution in [0.25, 0.3) is 5.70 Å². The van der Waals surface area contributed by atoms with Crippen molar-refractivity contribution in [2.24, 2.45) is 0 Å². The zero-order chi connectivity index (χ0) is 17.6. The van der Waals surface area contributed by atoms with Gasteiger partial charge < -0.3 is 9.84 Å². The van der Waals surface area contributed by atoms with Crippen LogP contribution in [0.15, 0.2) is 46.9 Å². The first-order valence-corrected chi connectivity index (χ1v) is 7.32. The number of non-ortho nitro benzene ring substituents is 1. The molecule has 24 heavy (non-hydrogen) atoms. The van der Waals surface area contributed by atoms with Crippen LogP contribution in [0.5, 0.6) is 11.5 Å². The van der Waals surface area contributed by atoms with Gasteiger partial charge in [-0.25, -0.2) is 0 Å². The minimum Gasteiger partial charge on any atom is -0.506 e. The third-order valence-electron chi connectivity index (χ3n) is 4.19. The quantitative estimate of drug-likeness (QED) is 0.675. The van der Waals surface area contributed by atoms with Crippen molar-refractivity contribution in [2.45, 2.75) is 26.4 Å². The number of benzene rings is 1. The summed E-state index contributed by atoms with van der Waals surface area (Å²) in [5.41, 5.74) is 0.485. The standard InChI is InChI=1S/C17H16N2O5/c1-10-16(18-9-12(20)5-7-15(18)21)13-8-11(19(22)23)4-6-14(13)24-17(10,2)3/h4-9,20H,1-3H3. The molecule has 1 aliphatic heterocycles. The fraction of sp³-hybridized carbons (Fsp3) is 0.235. The van der Waals surface area contributed by atoms with Gasteiger partial charge in [0.15, 0.2) is 0 Å². The molecule has 2 heterocycles. The molecule has 0 unspecified atom stereocenters. The molecule has 0 amide bonds. The average molecular weight is 328 g/mol. The van der Waals surface area contributed by atoms with E-state index < -0.39 is 10.5 Å². The second-order valence-corrected chi connectivity index (χ2v) is 6.12. The predicted molar refractivity (Wildman–Crippen MR) is 88.2 cm³/mol. The summed E-state index contributed by atoms with van der Waals surface area (Å²) >= 11 is 0. The van der Waals surface area contributed by atoms with E-state index in [1.807, 2.05) is 13.8 Å². The molecule has 0 saturated heterocycles. The number of rotatable bonds is 2. The van der Waals surface area contributed by atoms with Gasteiger partial charge in [0.25, 0.3) is 11.2 Å². The van der Waals surface area contributed by atoms with E-state index in [9.17, 15) is 20.0 Å². The molecule has 0 aliphatic carbocycles. The fourth-order valence-corrected chi connectivity index (χ4v) is 2.71. The molecule has 0 fully saturated rings. The number of hydrogen-bond donors (Lipinski definition) is 1. The van der Waals surface area contributed by atoms with Crippen LogP contribution in [0.3, 0.4) is 0 Å². The summed E-state index contributed by atoms with van der Waals surface area (Å²) in [7, 11) is 0. The van der Waals surface area contributed by atoms with Crippen molar-refractivity contribution in [1.82, 2.24) is 4.57 Å². The van der Waals surface area contributed by atoms with Gasteiger partial charge in [0.2, 0.25) is 0 Å². The zero-order valence-corrected chi connectivity index (χ0v) is 13.4. The van der Waals surface area contributed by atoms with Crippen molar-refractivity contribution >= 4 is 11.4 Å². The predicted octanol–water partition coefficient (Wildman–Crippen LogP) is 2.91. The molecule has 0 bridgehead atoms. The average Bonchev–Trinajstić information content (AvgIpc) is 2.50. The lowest BCUT2D eigenvalue weighted by Crippen LogP contribution is -2.36. The lowest BCUT2D eigenvalue weighted by Gasteiger charge is -2.35. The highest BCUT2D eigenvalue weighted by Crippen LogP contribution is 2.42. The summed E-state index contributed by atoms with van der Waals surface area (Å²) in [6.45, 7) is 5.49. The topological polar surface area (TPSA) is 94.6 Å². The Labute approximate surface area is 137 Å². The highest BCUT2D eigenvalue weighted by atomic mass is 16.6. The Morgan fingerprint density at radius 2 is 1.96 bits per heavy atom. The van der Waals surface area contributed by atoms with E-state index in [1.165, 1.54) is 41.1 Å². The normalized spacial score (nSPS) is 15.6. The third-order valence-corrected chi connectivity index (χ3v) is 4.19. The number of pyridine rings is 1. The molecular formula is C17H16N2O5. The number of nitro benzene ring substituents is 1. The molecule has 1 aromatic carbocycles. The van der Waals surface area contributed by atoms with Crippen molar-refractivity contribution < 1.29 is 14.8 Å². The Bertz CT molecular complexity index is 940. The number of nitrogens with zero attached hydrogens (tertiary/aromatic N) is 2. The van der Waals surface area contributed by atoms with Crippen LogP contribution in [0, 0.1) is 10.1 Å². The number of aromatic nitrogens is 1. The minimum absolute atomic E-state index is 0.0776. The first-order chi connectivity index (χ1) is 11.2. The van der Waals surface area contributed by atoms with Crippen molar-refractivity contribution in [3.8, 4) is 11.5 Å². The van der Waals surface area contributed by atoms with Crippen LogP contribution >= 0.6 is 0 Å². The van der Waals surface area contributed by atoms with Crippen LogP contribution < -0.4 is 10.3 Å². The van der Waals surface area contributed by atoms with Crippen LogP contribution in [-0.2, 0) is 0 Å². The second kappa shape index (κ2) is 5.23. The maximum Gasteiger partial charge on any atom is 0.270 e. The molecule has 3 rings (SSSR count).